The molecule has 130 valence electrons. The Bertz CT molecular complexity index is 950. The molecule has 0 bridgehead atoms. The normalized spacial score (nSPS) is 23.9. The van der Waals surface area contributed by atoms with Crippen LogP contribution in [0.15, 0.2) is 18.2 Å². The fourth-order valence-corrected chi connectivity index (χ4v) is 4.80. The van der Waals surface area contributed by atoms with E-state index in [2.05, 4.69) is 19.9 Å². The molecule has 25 heavy (non-hydrogen) atoms. The molecule has 0 spiro atoms. The lowest BCUT2D eigenvalue weighted by atomic mass is 9.75. The first-order valence-corrected chi connectivity index (χ1v) is 9.22. The Morgan fingerprint density at radius 1 is 1.12 bits per heavy atom. The van der Waals surface area contributed by atoms with Crippen molar-refractivity contribution in [3.63, 3.8) is 0 Å². The molecule has 2 aliphatic rings. The smallest absolute Gasteiger partial charge is 0.223 e. The molecule has 2 atom stereocenters. The first-order valence-electron chi connectivity index (χ1n) is 9.22. The second-order valence-electron chi connectivity index (χ2n) is 7.52. The van der Waals surface area contributed by atoms with Gasteiger partial charge in [0.25, 0.3) is 0 Å². The third-order valence-corrected chi connectivity index (χ3v) is 6.02. The highest BCUT2D eigenvalue weighted by atomic mass is 16.3. The first kappa shape index (κ1) is 14.8. The van der Waals surface area contributed by atoms with Crippen LogP contribution in [0.2, 0.25) is 0 Å². The quantitative estimate of drug-likeness (QED) is 0.633. The average Bonchev–Trinajstić information content (AvgIpc) is 2.98. The van der Waals surface area contributed by atoms with Crippen LogP contribution in [0.5, 0.6) is 5.75 Å². The van der Waals surface area contributed by atoms with Crippen molar-refractivity contribution in [3.05, 3.63) is 18.2 Å². The van der Waals surface area contributed by atoms with Gasteiger partial charge in [0.15, 0.2) is 0 Å². The third-order valence-electron chi connectivity index (χ3n) is 6.02. The van der Waals surface area contributed by atoms with E-state index in [1.165, 1.54) is 32.1 Å². The third kappa shape index (κ3) is 2.39. The Morgan fingerprint density at radius 3 is 2.84 bits per heavy atom. The summed E-state index contributed by atoms with van der Waals surface area (Å²) in [4.78, 5) is 14.7. The zero-order chi connectivity index (χ0) is 17.0. The van der Waals surface area contributed by atoms with Gasteiger partial charge in [-0.2, -0.15) is 9.97 Å². The number of aromatic amines is 1. The predicted octanol–water partition coefficient (Wildman–Crippen LogP) is 3.42. The number of aromatic hydroxyl groups is 1. The number of phenolic OH excluding ortho intramolecular Hbond substituents is 1. The number of hydrogen-bond acceptors (Lipinski definition) is 5. The van der Waals surface area contributed by atoms with Crippen LogP contribution in [0.1, 0.15) is 32.1 Å². The number of phenols is 1. The maximum absolute atomic E-state index is 9.93. The summed E-state index contributed by atoms with van der Waals surface area (Å²) < 4.78 is 0. The summed E-state index contributed by atoms with van der Waals surface area (Å²) in [5.74, 6) is 3.08. The molecule has 6 nitrogen and oxygen atoms in total. The van der Waals surface area contributed by atoms with Crippen molar-refractivity contribution in [2.75, 3.05) is 23.7 Å². The number of aromatic nitrogens is 3. The van der Waals surface area contributed by atoms with Crippen LogP contribution in [0, 0.1) is 11.8 Å². The van der Waals surface area contributed by atoms with Gasteiger partial charge in [0.1, 0.15) is 17.2 Å². The second kappa shape index (κ2) is 5.51. The van der Waals surface area contributed by atoms with E-state index in [1.54, 1.807) is 12.1 Å². The van der Waals surface area contributed by atoms with Crippen molar-refractivity contribution in [3.8, 4) is 5.75 Å². The molecule has 3 heterocycles. The molecule has 5 rings (SSSR count). The van der Waals surface area contributed by atoms with E-state index in [4.69, 9.17) is 5.73 Å². The maximum atomic E-state index is 9.93. The summed E-state index contributed by atoms with van der Waals surface area (Å²) >= 11 is 0. The van der Waals surface area contributed by atoms with Gasteiger partial charge < -0.3 is 20.7 Å². The van der Waals surface area contributed by atoms with Crippen LogP contribution in [0.4, 0.5) is 11.8 Å². The Balaban J connectivity index is 1.64. The van der Waals surface area contributed by atoms with Gasteiger partial charge in [-0.3, -0.25) is 0 Å². The number of rotatable bonds is 1. The van der Waals surface area contributed by atoms with E-state index in [-0.39, 0.29) is 5.75 Å². The number of nitrogens with zero attached hydrogens (tertiary/aromatic N) is 3. The molecule has 1 aromatic carbocycles. The molecular formula is C19H23N5O. The summed E-state index contributed by atoms with van der Waals surface area (Å²) in [6, 6.07) is 5.34. The van der Waals surface area contributed by atoms with Crippen LogP contribution in [-0.2, 0) is 0 Å². The Kier molecular flexibility index (Phi) is 3.26. The lowest BCUT2D eigenvalue weighted by Gasteiger charge is -2.42. The van der Waals surface area contributed by atoms with Crippen LogP contribution >= 0.6 is 0 Å². The first-order chi connectivity index (χ1) is 12.2. The summed E-state index contributed by atoms with van der Waals surface area (Å²) in [5, 5.41) is 11.8. The van der Waals surface area contributed by atoms with Gasteiger partial charge in [0.2, 0.25) is 5.95 Å². The summed E-state index contributed by atoms with van der Waals surface area (Å²) in [6.45, 7) is 2.06. The van der Waals surface area contributed by atoms with Crippen molar-refractivity contribution in [2.24, 2.45) is 11.8 Å². The van der Waals surface area contributed by atoms with Gasteiger partial charge in [0.05, 0.1) is 5.39 Å². The number of nitrogen functional groups attached to an aromatic ring is 1. The summed E-state index contributed by atoms with van der Waals surface area (Å²) in [7, 11) is 0. The number of piperidine rings is 1. The molecule has 1 saturated heterocycles. The fourth-order valence-electron chi connectivity index (χ4n) is 4.80. The zero-order valence-corrected chi connectivity index (χ0v) is 14.2. The molecule has 0 amide bonds. The SMILES string of the molecule is Nc1nc(N2CCC3CCCCC3C2)c2c(n1)[nH]c1ccc(O)cc12. The fraction of sp³-hybridized carbons (Fsp3) is 0.474. The molecular weight excluding hydrogens is 314 g/mol. The highest BCUT2D eigenvalue weighted by Crippen LogP contribution is 2.40. The molecule has 1 saturated carbocycles. The van der Waals surface area contributed by atoms with E-state index in [0.717, 1.165) is 52.7 Å². The minimum atomic E-state index is 0.252. The largest absolute Gasteiger partial charge is 0.508 e. The van der Waals surface area contributed by atoms with Crippen LogP contribution in [0.3, 0.4) is 0 Å². The van der Waals surface area contributed by atoms with E-state index < -0.39 is 0 Å². The standard InChI is InChI=1S/C19H23N5O/c20-19-22-17-16(14-9-13(25)5-6-15(14)21-17)18(23-19)24-8-7-11-3-1-2-4-12(11)10-24/h5-6,9,11-12,25H,1-4,7-8,10H2,(H3,20,21,22,23). The Morgan fingerprint density at radius 2 is 1.96 bits per heavy atom. The molecule has 4 N–H and O–H groups in total. The molecule has 2 unspecified atom stereocenters. The zero-order valence-electron chi connectivity index (χ0n) is 14.2. The molecule has 0 radical (unpaired) electrons. The van der Waals surface area contributed by atoms with Gasteiger partial charge in [-0.1, -0.05) is 19.3 Å². The number of hydrogen-bond donors (Lipinski definition) is 3. The average molecular weight is 337 g/mol. The van der Waals surface area contributed by atoms with Gasteiger partial charge >= 0.3 is 0 Å². The van der Waals surface area contributed by atoms with Crippen LogP contribution < -0.4 is 10.6 Å². The van der Waals surface area contributed by atoms with Crippen molar-refractivity contribution in [1.82, 2.24) is 15.0 Å². The van der Waals surface area contributed by atoms with Gasteiger partial charge in [0, 0.05) is 24.0 Å². The number of anilines is 2. The lowest BCUT2D eigenvalue weighted by Crippen LogP contribution is -2.42. The van der Waals surface area contributed by atoms with E-state index >= 15 is 0 Å². The molecule has 1 aliphatic heterocycles. The Hall–Kier alpha value is -2.50. The van der Waals surface area contributed by atoms with Gasteiger partial charge in [-0.25, -0.2) is 0 Å². The molecule has 2 fully saturated rings. The Labute approximate surface area is 146 Å². The van der Waals surface area contributed by atoms with E-state index in [0.29, 0.717) is 5.95 Å². The monoisotopic (exact) mass is 337 g/mol. The van der Waals surface area contributed by atoms with Crippen molar-refractivity contribution >= 4 is 33.7 Å². The summed E-state index contributed by atoms with van der Waals surface area (Å²) in [6.07, 6.45) is 6.65. The number of nitrogens with one attached hydrogen (secondary N) is 1. The van der Waals surface area contributed by atoms with Crippen LogP contribution in [-0.4, -0.2) is 33.1 Å². The van der Waals surface area contributed by atoms with Crippen LogP contribution in [0.25, 0.3) is 21.9 Å². The molecule has 6 heteroatoms. The predicted molar refractivity (Wildman–Crippen MR) is 99.7 cm³/mol. The minimum Gasteiger partial charge on any atom is -0.508 e. The number of nitrogens with two attached hydrogens (primary N) is 1. The van der Waals surface area contributed by atoms with E-state index in [1.807, 2.05) is 6.07 Å². The van der Waals surface area contributed by atoms with Gasteiger partial charge in [-0.15, -0.1) is 0 Å². The van der Waals surface area contributed by atoms with E-state index in [9.17, 15) is 5.11 Å². The minimum absolute atomic E-state index is 0.252. The number of H-pyrrole nitrogens is 1. The van der Waals surface area contributed by atoms with Crippen molar-refractivity contribution in [2.45, 2.75) is 32.1 Å². The topological polar surface area (TPSA) is 91.1 Å². The molecule has 1 aliphatic carbocycles. The van der Waals surface area contributed by atoms with Gasteiger partial charge in [-0.05, 0) is 42.9 Å². The van der Waals surface area contributed by atoms with Crippen molar-refractivity contribution in [1.29, 1.82) is 0 Å². The summed E-state index contributed by atoms with van der Waals surface area (Å²) in [5.41, 5.74) is 7.69. The second-order valence-corrected chi connectivity index (χ2v) is 7.52. The molecule has 3 aromatic rings. The maximum Gasteiger partial charge on any atom is 0.223 e. The molecule has 2 aromatic heterocycles. The highest BCUT2D eigenvalue weighted by Gasteiger charge is 2.32. The number of fused-ring (bicyclic) bond motifs is 4. The lowest BCUT2D eigenvalue weighted by molar-refractivity contribution is 0.202. The number of benzene rings is 1. The highest BCUT2D eigenvalue weighted by molar-refractivity contribution is 6.12. The van der Waals surface area contributed by atoms with Crippen molar-refractivity contribution < 1.29 is 5.11 Å².